The molecular weight excluding hydrogens is 400 g/mol. The average molecular weight is 422 g/mol. The molecule has 0 fully saturated rings. The Morgan fingerprint density at radius 3 is 2.65 bits per heavy atom. The number of rotatable bonds is 3. The molecule has 0 amide bonds. The van der Waals surface area contributed by atoms with Gasteiger partial charge in [-0.1, -0.05) is 13.8 Å². The van der Waals surface area contributed by atoms with Crippen molar-refractivity contribution in [2.75, 3.05) is 0 Å². The third-order valence-corrected chi connectivity index (χ3v) is 6.56. The highest BCUT2D eigenvalue weighted by Gasteiger charge is 2.45. The Labute approximate surface area is 177 Å². The number of carbonyl (C=O) groups excluding carboxylic acids is 1. The maximum atomic E-state index is 13.3. The molecule has 0 unspecified atom stereocenters. The van der Waals surface area contributed by atoms with Crippen LogP contribution in [0.2, 0.25) is 0 Å². The van der Waals surface area contributed by atoms with E-state index in [1.807, 2.05) is 6.92 Å². The number of nitrogens with zero attached hydrogens (tertiary/aromatic N) is 2. The van der Waals surface area contributed by atoms with Gasteiger partial charge in [0, 0.05) is 22.1 Å². The van der Waals surface area contributed by atoms with Crippen molar-refractivity contribution < 1.29 is 24.9 Å². The Hall–Kier alpha value is -3.23. The van der Waals surface area contributed by atoms with Gasteiger partial charge in [0.25, 0.3) is 5.56 Å². The fraction of sp³-hybridized carbons (Fsp3) is 0.348. The summed E-state index contributed by atoms with van der Waals surface area (Å²) in [6.45, 7) is 3.41. The molecule has 31 heavy (non-hydrogen) atoms. The summed E-state index contributed by atoms with van der Waals surface area (Å²) in [5.74, 6) is -0.757. The van der Waals surface area contributed by atoms with Gasteiger partial charge in [0.2, 0.25) is 0 Å². The molecule has 0 saturated heterocycles. The number of hydrogen-bond acceptors (Lipinski definition) is 7. The van der Waals surface area contributed by atoms with Crippen molar-refractivity contribution in [1.82, 2.24) is 9.55 Å². The number of aliphatic hydroxyl groups excluding tert-OH is 1. The van der Waals surface area contributed by atoms with E-state index in [1.165, 1.54) is 6.07 Å². The van der Waals surface area contributed by atoms with E-state index in [1.54, 1.807) is 23.6 Å². The van der Waals surface area contributed by atoms with Crippen LogP contribution in [0.1, 0.15) is 48.1 Å². The van der Waals surface area contributed by atoms with Crippen molar-refractivity contribution in [3.8, 4) is 17.1 Å². The van der Waals surface area contributed by atoms with E-state index in [0.29, 0.717) is 34.3 Å². The predicted octanol–water partition coefficient (Wildman–Crippen LogP) is 1.84. The quantitative estimate of drug-likeness (QED) is 0.431. The summed E-state index contributed by atoms with van der Waals surface area (Å²) in [6.07, 6.45) is 0.694. The normalized spacial score (nSPS) is 19.2. The summed E-state index contributed by atoms with van der Waals surface area (Å²) < 4.78 is 6.69. The van der Waals surface area contributed by atoms with Crippen molar-refractivity contribution in [2.24, 2.45) is 0 Å². The standard InChI is InChI=1S/C23H22N2O6/c1-3-11-12-8-25-17(20(12)24-16-5-6-18(27)13(9-26)19(11)16)7-15-14(21(25)28)10-31-22(29)23(15,30)4-2/h5-7,26-27,30H,3-4,8-10H2,1-2H3/t23-/m0/s1. The fourth-order valence-electron chi connectivity index (χ4n) is 4.88. The first-order valence-electron chi connectivity index (χ1n) is 10.3. The topological polar surface area (TPSA) is 122 Å². The van der Waals surface area contributed by atoms with Gasteiger partial charge in [-0.05, 0) is 36.6 Å². The number of esters is 1. The van der Waals surface area contributed by atoms with E-state index in [0.717, 1.165) is 11.1 Å². The lowest BCUT2D eigenvalue weighted by atomic mass is 9.86. The fourth-order valence-corrected chi connectivity index (χ4v) is 4.88. The molecule has 0 bridgehead atoms. The number of cyclic esters (lactones) is 1. The highest BCUT2D eigenvalue weighted by molar-refractivity contribution is 5.92. The minimum atomic E-state index is -1.87. The summed E-state index contributed by atoms with van der Waals surface area (Å²) in [4.78, 5) is 30.4. The monoisotopic (exact) mass is 422 g/mol. The van der Waals surface area contributed by atoms with Gasteiger partial charge in [0.05, 0.1) is 35.6 Å². The van der Waals surface area contributed by atoms with Crippen LogP contribution in [-0.4, -0.2) is 30.8 Å². The number of phenols is 1. The minimum absolute atomic E-state index is 0.00161. The van der Waals surface area contributed by atoms with Crippen molar-refractivity contribution in [3.63, 3.8) is 0 Å². The second-order valence-electron chi connectivity index (χ2n) is 7.99. The van der Waals surface area contributed by atoms with E-state index >= 15 is 0 Å². The largest absolute Gasteiger partial charge is 0.508 e. The van der Waals surface area contributed by atoms with Crippen LogP contribution >= 0.6 is 0 Å². The van der Waals surface area contributed by atoms with Crippen LogP contribution < -0.4 is 5.56 Å². The van der Waals surface area contributed by atoms with Gasteiger partial charge in [-0.15, -0.1) is 0 Å². The Balaban J connectivity index is 1.85. The van der Waals surface area contributed by atoms with Gasteiger partial charge in [-0.3, -0.25) is 4.79 Å². The lowest BCUT2D eigenvalue weighted by Gasteiger charge is -2.31. The second-order valence-corrected chi connectivity index (χ2v) is 7.99. The van der Waals surface area contributed by atoms with E-state index in [-0.39, 0.29) is 48.6 Å². The second kappa shape index (κ2) is 6.63. The van der Waals surface area contributed by atoms with Gasteiger partial charge in [0.1, 0.15) is 12.4 Å². The van der Waals surface area contributed by atoms with Gasteiger partial charge < -0.3 is 24.6 Å². The lowest BCUT2D eigenvalue weighted by molar-refractivity contribution is -0.172. The first kappa shape index (κ1) is 19.7. The molecule has 4 heterocycles. The van der Waals surface area contributed by atoms with Crippen LogP contribution in [0.5, 0.6) is 5.75 Å². The summed E-state index contributed by atoms with van der Waals surface area (Å²) in [6, 6.07) is 4.85. The number of hydrogen-bond donors (Lipinski definition) is 3. The van der Waals surface area contributed by atoms with Crippen LogP contribution in [0.15, 0.2) is 23.0 Å². The minimum Gasteiger partial charge on any atom is -0.508 e. The molecule has 1 atom stereocenters. The number of benzene rings is 1. The molecule has 0 radical (unpaired) electrons. The lowest BCUT2D eigenvalue weighted by Crippen LogP contribution is -2.44. The van der Waals surface area contributed by atoms with Crippen LogP contribution in [0.3, 0.4) is 0 Å². The molecular formula is C23H22N2O6. The van der Waals surface area contributed by atoms with Crippen molar-refractivity contribution in [3.05, 3.63) is 56.4 Å². The van der Waals surface area contributed by atoms with Crippen molar-refractivity contribution in [2.45, 2.75) is 52.0 Å². The highest BCUT2D eigenvalue weighted by atomic mass is 16.6. The molecule has 3 N–H and O–H groups in total. The van der Waals surface area contributed by atoms with Crippen molar-refractivity contribution >= 4 is 16.9 Å². The molecule has 1 aromatic carbocycles. The molecule has 0 saturated carbocycles. The zero-order valence-corrected chi connectivity index (χ0v) is 17.2. The Morgan fingerprint density at radius 2 is 1.97 bits per heavy atom. The first-order valence-corrected chi connectivity index (χ1v) is 10.3. The smallest absolute Gasteiger partial charge is 0.343 e. The van der Waals surface area contributed by atoms with E-state index < -0.39 is 11.6 Å². The number of pyridine rings is 2. The SMILES string of the molecule is CCc1c2c(nc3ccc(O)c(CO)c13)-c1cc3c(c(=O)n1C2)COC(=O)[C@]3(O)CC. The van der Waals surface area contributed by atoms with E-state index in [4.69, 9.17) is 9.72 Å². The van der Waals surface area contributed by atoms with Crippen molar-refractivity contribution in [1.29, 1.82) is 0 Å². The molecule has 5 rings (SSSR count). The van der Waals surface area contributed by atoms with Gasteiger partial charge in [-0.2, -0.15) is 0 Å². The number of ether oxygens (including phenoxy) is 1. The number of carbonyl (C=O) groups is 1. The maximum Gasteiger partial charge on any atom is 0.343 e. The molecule has 2 aliphatic heterocycles. The van der Waals surface area contributed by atoms with Crippen LogP contribution in [-0.2, 0) is 41.3 Å². The maximum absolute atomic E-state index is 13.3. The molecule has 0 spiro atoms. The van der Waals surface area contributed by atoms with Crippen LogP contribution in [0.25, 0.3) is 22.3 Å². The summed E-state index contributed by atoms with van der Waals surface area (Å²) in [5, 5.41) is 31.7. The molecule has 8 nitrogen and oxygen atoms in total. The highest BCUT2D eigenvalue weighted by Crippen LogP contribution is 2.41. The van der Waals surface area contributed by atoms with Gasteiger partial charge >= 0.3 is 5.97 Å². The molecule has 2 aromatic heterocycles. The number of aliphatic hydroxyl groups is 2. The number of aromatic nitrogens is 2. The number of aromatic hydroxyl groups is 1. The molecule has 8 heteroatoms. The van der Waals surface area contributed by atoms with E-state index in [9.17, 15) is 24.9 Å². The number of aryl methyl sites for hydroxylation is 1. The third-order valence-electron chi connectivity index (χ3n) is 6.56. The first-order chi connectivity index (χ1) is 14.8. The average Bonchev–Trinajstić information content (AvgIpc) is 3.14. The van der Waals surface area contributed by atoms with Gasteiger partial charge in [0.15, 0.2) is 5.60 Å². The molecule has 0 aliphatic carbocycles. The summed E-state index contributed by atoms with van der Waals surface area (Å²) >= 11 is 0. The van der Waals surface area contributed by atoms with Gasteiger partial charge in [-0.25, -0.2) is 9.78 Å². The Bertz CT molecular complexity index is 1340. The zero-order chi connectivity index (χ0) is 22.1. The molecule has 2 aliphatic rings. The Morgan fingerprint density at radius 1 is 1.19 bits per heavy atom. The van der Waals surface area contributed by atoms with E-state index in [2.05, 4.69) is 0 Å². The molecule has 3 aromatic rings. The van der Waals surface area contributed by atoms with Crippen LogP contribution in [0.4, 0.5) is 0 Å². The summed E-state index contributed by atoms with van der Waals surface area (Å²) in [5.41, 5.74) is 2.25. The number of fused-ring (bicyclic) bond motifs is 5. The Kier molecular flexibility index (Phi) is 4.22. The third kappa shape index (κ3) is 2.46. The van der Waals surface area contributed by atoms with Crippen LogP contribution in [0, 0.1) is 0 Å². The summed E-state index contributed by atoms with van der Waals surface area (Å²) in [7, 11) is 0. The predicted molar refractivity (Wildman–Crippen MR) is 111 cm³/mol. The zero-order valence-electron chi connectivity index (χ0n) is 17.2. The molecule has 160 valence electrons.